The van der Waals surface area contributed by atoms with Crippen LogP contribution in [0, 0.1) is 13.8 Å². The van der Waals surface area contributed by atoms with Crippen molar-refractivity contribution in [2.75, 3.05) is 6.54 Å². The molecule has 128 valence electrons. The number of carbonyl (C=O) groups is 2. The summed E-state index contributed by atoms with van der Waals surface area (Å²) in [7, 11) is 0. The number of aliphatic hydroxyl groups is 1. The van der Waals surface area contributed by atoms with Crippen molar-refractivity contribution in [3.63, 3.8) is 0 Å². The van der Waals surface area contributed by atoms with Crippen molar-refractivity contribution >= 4 is 11.7 Å². The lowest BCUT2D eigenvalue weighted by molar-refractivity contribution is -0.117. The minimum atomic E-state index is -0.719. The van der Waals surface area contributed by atoms with Crippen LogP contribution in [0.15, 0.2) is 30.3 Å². The van der Waals surface area contributed by atoms with Crippen molar-refractivity contribution in [2.45, 2.75) is 39.7 Å². The van der Waals surface area contributed by atoms with Crippen LogP contribution in [0.5, 0.6) is 0 Å². The number of Topliss-reactive ketones (excluding diaryl/α,β-unsaturated/α-hetero) is 1. The van der Waals surface area contributed by atoms with E-state index < -0.39 is 17.8 Å². The van der Waals surface area contributed by atoms with Gasteiger partial charge in [-0.25, -0.2) is 4.68 Å². The third-order valence-electron chi connectivity index (χ3n) is 3.85. The number of rotatable bonds is 7. The molecule has 0 aliphatic rings. The second-order valence-electron chi connectivity index (χ2n) is 5.77. The van der Waals surface area contributed by atoms with Gasteiger partial charge in [0.25, 0.3) is 11.7 Å². The number of carbonyl (C=O) groups excluding carboxylic acids is 2. The van der Waals surface area contributed by atoms with Crippen LogP contribution in [-0.4, -0.2) is 39.2 Å². The van der Waals surface area contributed by atoms with Gasteiger partial charge in [0.1, 0.15) is 0 Å². The van der Waals surface area contributed by atoms with Gasteiger partial charge in [0, 0.05) is 6.54 Å². The van der Waals surface area contributed by atoms with Gasteiger partial charge in [-0.3, -0.25) is 9.59 Å². The third-order valence-corrected chi connectivity index (χ3v) is 3.85. The van der Waals surface area contributed by atoms with Crippen LogP contribution in [0.25, 0.3) is 5.69 Å². The van der Waals surface area contributed by atoms with Gasteiger partial charge < -0.3 is 10.4 Å². The first kappa shape index (κ1) is 17.9. The molecular formula is C18H23N3O3. The molecule has 0 aliphatic carbocycles. The number of aromatic nitrogens is 2. The van der Waals surface area contributed by atoms with E-state index in [1.54, 1.807) is 18.5 Å². The molecule has 0 bridgehead atoms. The number of nitrogens with zero attached hydrogens (tertiary/aromatic N) is 2. The zero-order valence-electron chi connectivity index (χ0n) is 14.2. The highest BCUT2D eigenvalue weighted by atomic mass is 16.3. The van der Waals surface area contributed by atoms with Crippen molar-refractivity contribution in [3.8, 4) is 5.69 Å². The topological polar surface area (TPSA) is 84.2 Å². The average Bonchev–Trinajstić information content (AvgIpc) is 2.87. The van der Waals surface area contributed by atoms with Gasteiger partial charge >= 0.3 is 0 Å². The second kappa shape index (κ2) is 7.88. The Morgan fingerprint density at radius 2 is 1.92 bits per heavy atom. The molecule has 6 heteroatoms. The summed E-state index contributed by atoms with van der Waals surface area (Å²) < 4.78 is 1.65. The molecule has 24 heavy (non-hydrogen) atoms. The molecule has 6 nitrogen and oxygen atoms in total. The first-order chi connectivity index (χ1) is 11.5. The molecule has 0 spiro atoms. The maximum absolute atomic E-state index is 12.5. The second-order valence-corrected chi connectivity index (χ2v) is 5.77. The summed E-state index contributed by atoms with van der Waals surface area (Å²) >= 11 is 0. The van der Waals surface area contributed by atoms with Crippen LogP contribution < -0.4 is 5.32 Å². The lowest BCUT2D eigenvalue weighted by Gasteiger charge is -2.10. The molecule has 2 rings (SSSR count). The molecule has 0 aliphatic heterocycles. The zero-order chi connectivity index (χ0) is 17.7. The predicted molar refractivity (Wildman–Crippen MR) is 91.3 cm³/mol. The van der Waals surface area contributed by atoms with E-state index in [-0.39, 0.29) is 6.54 Å². The van der Waals surface area contributed by atoms with Gasteiger partial charge in [-0.05, 0) is 32.4 Å². The number of aliphatic hydroxyl groups excluding tert-OH is 1. The summed E-state index contributed by atoms with van der Waals surface area (Å²) in [6, 6.07) is 9.43. The smallest absolute Gasteiger partial charge is 0.292 e. The molecule has 1 atom stereocenters. The molecule has 1 unspecified atom stereocenters. The van der Waals surface area contributed by atoms with E-state index in [0.717, 1.165) is 12.1 Å². The Balaban J connectivity index is 2.18. The highest BCUT2D eigenvalue weighted by molar-refractivity contribution is 6.43. The van der Waals surface area contributed by atoms with Gasteiger partial charge in [0.2, 0.25) is 0 Å². The Bertz CT molecular complexity index is 723. The molecule has 1 aromatic carbocycles. The van der Waals surface area contributed by atoms with Crippen LogP contribution in [0.3, 0.4) is 0 Å². The monoisotopic (exact) mass is 329 g/mol. The van der Waals surface area contributed by atoms with Crippen LogP contribution in [0.2, 0.25) is 0 Å². The van der Waals surface area contributed by atoms with Gasteiger partial charge in [0.15, 0.2) is 0 Å². The SMILES string of the molecule is CCCC(O)CNC(=O)C(=O)c1c(C)nn(-c2ccccc2)c1C. The fourth-order valence-corrected chi connectivity index (χ4v) is 2.63. The molecule has 0 saturated heterocycles. The maximum Gasteiger partial charge on any atom is 0.292 e. The van der Waals surface area contributed by atoms with Gasteiger partial charge in [0.05, 0.1) is 28.7 Å². The third kappa shape index (κ3) is 3.89. The largest absolute Gasteiger partial charge is 0.391 e. The van der Waals surface area contributed by atoms with Crippen LogP contribution in [0.1, 0.15) is 41.5 Å². The van der Waals surface area contributed by atoms with Gasteiger partial charge in [-0.2, -0.15) is 5.10 Å². The molecule has 2 aromatic rings. The summed E-state index contributed by atoms with van der Waals surface area (Å²) in [5.74, 6) is -1.35. The molecule has 0 radical (unpaired) electrons. The molecule has 0 fully saturated rings. The summed E-state index contributed by atoms with van der Waals surface area (Å²) in [5.41, 5.74) is 2.26. The standard InChI is InChI=1S/C18H23N3O3/c1-4-8-15(22)11-19-18(24)17(23)16-12(2)20-21(13(16)3)14-9-6-5-7-10-14/h5-7,9-10,15,22H,4,8,11H2,1-3H3,(H,19,24). The predicted octanol–water partition coefficient (Wildman–Crippen LogP) is 1.95. The van der Waals surface area contributed by atoms with Crippen molar-refractivity contribution in [3.05, 3.63) is 47.3 Å². The average molecular weight is 329 g/mol. The van der Waals surface area contributed by atoms with E-state index in [4.69, 9.17) is 0 Å². The lowest BCUT2D eigenvalue weighted by Crippen LogP contribution is -2.37. The maximum atomic E-state index is 12.5. The fraction of sp³-hybridized carbons (Fsp3) is 0.389. The normalized spacial score (nSPS) is 12.0. The van der Waals surface area contributed by atoms with Crippen LogP contribution in [0.4, 0.5) is 0 Å². The molecule has 2 N–H and O–H groups in total. The van der Waals surface area contributed by atoms with Crippen molar-refractivity contribution in [2.24, 2.45) is 0 Å². The number of amides is 1. The highest BCUT2D eigenvalue weighted by Gasteiger charge is 2.25. The Kier molecular flexibility index (Phi) is 5.87. The zero-order valence-corrected chi connectivity index (χ0v) is 14.2. The molecular weight excluding hydrogens is 306 g/mol. The number of benzene rings is 1. The minimum absolute atomic E-state index is 0.0727. The first-order valence-corrected chi connectivity index (χ1v) is 8.08. The quantitative estimate of drug-likeness (QED) is 0.601. The number of hydrogen-bond donors (Lipinski definition) is 2. The number of para-hydroxylation sites is 1. The van der Waals surface area contributed by atoms with Crippen molar-refractivity contribution in [1.29, 1.82) is 0 Å². The molecule has 1 amide bonds. The van der Waals surface area contributed by atoms with E-state index >= 15 is 0 Å². The Labute approximate surface area is 141 Å². The Morgan fingerprint density at radius 1 is 1.25 bits per heavy atom. The lowest BCUT2D eigenvalue weighted by atomic mass is 10.1. The number of nitrogens with one attached hydrogen (secondary N) is 1. The van der Waals surface area contributed by atoms with E-state index in [1.807, 2.05) is 37.3 Å². The number of ketones is 1. The van der Waals surface area contributed by atoms with Crippen LogP contribution in [-0.2, 0) is 4.79 Å². The van der Waals surface area contributed by atoms with Crippen molar-refractivity contribution in [1.82, 2.24) is 15.1 Å². The van der Waals surface area contributed by atoms with E-state index in [1.165, 1.54) is 0 Å². The fourth-order valence-electron chi connectivity index (χ4n) is 2.63. The summed E-state index contributed by atoms with van der Waals surface area (Å²) in [5, 5.41) is 16.5. The molecule has 1 heterocycles. The highest BCUT2D eigenvalue weighted by Crippen LogP contribution is 2.18. The number of hydrogen-bond acceptors (Lipinski definition) is 4. The van der Waals surface area contributed by atoms with Crippen LogP contribution >= 0.6 is 0 Å². The Hall–Kier alpha value is -2.47. The van der Waals surface area contributed by atoms with Gasteiger partial charge in [-0.15, -0.1) is 0 Å². The van der Waals surface area contributed by atoms with Crippen molar-refractivity contribution < 1.29 is 14.7 Å². The summed E-state index contributed by atoms with van der Waals surface area (Å²) in [6.45, 7) is 5.49. The molecule has 0 saturated carbocycles. The van der Waals surface area contributed by atoms with E-state index in [9.17, 15) is 14.7 Å². The summed E-state index contributed by atoms with van der Waals surface area (Å²) in [6.07, 6.45) is 0.756. The number of aryl methyl sites for hydroxylation is 1. The summed E-state index contributed by atoms with van der Waals surface area (Å²) in [4.78, 5) is 24.5. The first-order valence-electron chi connectivity index (χ1n) is 8.08. The van der Waals surface area contributed by atoms with E-state index in [0.29, 0.717) is 23.4 Å². The Morgan fingerprint density at radius 3 is 2.54 bits per heavy atom. The minimum Gasteiger partial charge on any atom is -0.391 e. The van der Waals surface area contributed by atoms with Gasteiger partial charge in [-0.1, -0.05) is 31.5 Å². The molecule has 1 aromatic heterocycles. The van der Waals surface area contributed by atoms with E-state index in [2.05, 4.69) is 10.4 Å².